The zero-order chi connectivity index (χ0) is 11.9. The molecule has 0 aliphatic heterocycles. The maximum atomic E-state index is 12.0. The van der Waals surface area contributed by atoms with E-state index in [0.717, 1.165) is 11.1 Å². The summed E-state index contributed by atoms with van der Waals surface area (Å²) in [4.78, 5) is 13.6. The highest BCUT2D eigenvalue weighted by atomic mass is 16.2. The van der Waals surface area contributed by atoms with E-state index in [1.54, 1.807) is 19.0 Å². The lowest BCUT2D eigenvalue weighted by Gasteiger charge is -2.11. The van der Waals surface area contributed by atoms with E-state index in [0.29, 0.717) is 11.4 Å². The van der Waals surface area contributed by atoms with Crippen molar-refractivity contribution in [1.82, 2.24) is 9.30 Å². The van der Waals surface area contributed by atoms with Gasteiger partial charge in [0.05, 0.1) is 11.2 Å². The van der Waals surface area contributed by atoms with Gasteiger partial charge in [-0.05, 0) is 19.1 Å². The van der Waals surface area contributed by atoms with Crippen LogP contribution in [0.3, 0.4) is 0 Å². The van der Waals surface area contributed by atoms with Crippen LogP contribution < -0.4 is 5.73 Å². The van der Waals surface area contributed by atoms with Crippen molar-refractivity contribution in [2.75, 3.05) is 19.8 Å². The summed E-state index contributed by atoms with van der Waals surface area (Å²) >= 11 is 0. The highest BCUT2D eigenvalue weighted by Gasteiger charge is 2.19. The van der Waals surface area contributed by atoms with Crippen LogP contribution in [0.2, 0.25) is 0 Å². The van der Waals surface area contributed by atoms with E-state index in [1.807, 2.05) is 35.7 Å². The number of carbonyl (C=O) groups excluding carboxylic acids is 1. The van der Waals surface area contributed by atoms with Crippen molar-refractivity contribution in [2.45, 2.75) is 6.92 Å². The second-order valence-corrected chi connectivity index (χ2v) is 4.04. The van der Waals surface area contributed by atoms with Crippen LogP contribution in [-0.4, -0.2) is 29.3 Å². The molecule has 0 saturated heterocycles. The number of carbonyl (C=O) groups is 1. The predicted octanol–water partition coefficient (Wildman–Crippen LogP) is 1.53. The number of pyridine rings is 1. The highest BCUT2D eigenvalue weighted by molar-refractivity contribution is 5.98. The molecular formula is C12H15N3O. The number of nitrogens with two attached hydrogens (primary N) is 1. The molecule has 16 heavy (non-hydrogen) atoms. The molecule has 0 bridgehead atoms. The predicted molar refractivity (Wildman–Crippen MR) is 64.6 cm³/mol. The molecule has 2 rings (SSSR count). The average Bonchev–Trinajstić information content (AvgIpc) is 2.52. The smallest absolute Gasteiger partial charge is 0.270 e. The fourth-order valence-electron chi connectivity index (χ4n) is 1.83. The molecule has 0 aliphatic carbocycles. The molecule has 2 aromatic heterocycles. The van der Waals surface area contributed by atoms with Gasteiger partial charge in [0, 0.05) is 25.9 Å². The van der Waals surface area contributed by atoms with Crippen molar-refractivity contribution in [3.8, 4) is 0 Å². The van der Waals surface area contributed by atoms with Crippen LogP contribution in [0.1, 0.15) is 16.1 Å². The standard InChI is InChI=1S/C12H15N3O/c1-8-10(13)9-6-4-5-7-15(9)11(8)12(16)14(2)3/h4-7H,13H2,1-3H3. The average molecular weight is 217 g/mol. The first-order valence-corrected chi connectivity index (χ1v) is 5.10. The molecule has 0 saturated carbocycles. The van der Waals surface area contributed by atoms with E-state index < -0.39 is 0 Å². The van der Waals surface area contributed by atoms with Crippen molar-refractivity contribution in [1.29, 1.82) is 0 Å². The summed E-state index contributed by atoms with van der Waals surface area (Å²) in [7, 11) is 3.47. The number of nitrogen functional groups attached to an aromatic ring is 1. The zero-order valence-corrected chi connectivity index (χ0v) is 9.69. The molecule has 2 aromatic rings. The minimum Gasteiger partial charge on any atom is -0.397 e. The summed E-state index contributed by atoms with van der Waals surface area (Å²) < 4.78 is 1.84. The van der Waals surface area contributed by atoms with Crippen LogP contribution in [0.25, 0.3) is 5.52 Å². The Bertz CT molecular complexity index is 555. The van der Waals surface area contributed by atoms with E-state index in [4.69, 9.17) is 5.73 Å². The van der Waals surface area contributed by atoms with Gasteiger partial charge in [-0.25, -0.2) is 0 Å². The molecule has 1 amide bonds. The summed E-state index contributed by atoms with van der Waals surface area (Å²) in [6.45, 7) is 1.87. The molecule has 0 spiro atoms. The summed E-state index contributed by atoms with van der Waals surface area (Å²) in [5.41, 5.74) is 9.01. The van der Waals surface area contributed by atoms with Gasteiger partial charge in [0.2, 0.25) is 0 Å². The van der Waals surface area contributed by atoms with Crippen molar-refractivity contribution in [2.24, 2.45) is 0 Å². The number of anilines is 1. The Kier molecular flexibility index (Phi) is 2.34. The van der Waals surface area contributed by atoms with Gasteiger partial charge < -0.3 is 15.0 Å². The Balaban J connectivity index is 2.79. The molecular weight excluding hydrogens is 202 g/mol. The quantitative estimate of drug-likeness (QED) is 0.787. The van der Waals surface area contributed by atoms with E-state index in [2.05, 4.69) is 0 Å². The van der Waals surface area contributed by atoms with Crippen LogP contribution >= 0.6 is 0 Å². The molecule has 2 heterocycles. The van der Waals surface area contributed by atoms with Crippen molar-refractivity contribution >= 4 is 17.1 Å². The molecule has 0 atom stereocenters. The lowest BCUT2D eigenvalue weighted by atomic mass is 10.2. The van der Waals surface area contributed by atoms with E-state index >= 15 is 0 Å². The largest absolute Gasteiger partial charge is 0.397 e. The van der Waals surface area contributed by atoms with Gasteiger partial charge in [0.15, 0.2) is 0 Å². The minimum absolute atomic E-state index is 0.0320. The van der Waals surface area contributed by atoms with Gasteiger partial charge in [-0.3, -0.25) is 4.79 Å². The number of nitrogens with zero attached hydrogens (tertiary/aromatic N) is 2. The third-order valence-electron chi connectivity index (χ3n) is 2.74. The summed E-state index contributed by atoms with van der Waals surface area (Å²) in [6.07, 6.45) is 1.86. The van der Waals surface area contributed by atoms with Gasteiger partial charge in [0.25, 0.3) is 5.91 Å². The van der Waals surface area contributed by atoms with Gasteiger partial charge in [-0.15, -0.1) is 0 Å². The van der Waals surface area contributed by atoms with E-state index in [1.165, 1.54) is 0 Å². The monoisotopic (exact) mass is 217 g/mol. The molecule has 0 radical (unpaired) electrons. The number of aromatic nitrogens is 1. The second-order valence-electron chi connectivity index (χ2n) is 4.04. The topological polar surface area (TPSA) is 50.7 Å². The maximum Gasteiger partial charge on any atom is 0.270 e. The molecule has 2 N–H and O–H groups in total. The summed E-state index contributed by atoms with van der Waals surface area (Å²) in [5, 5.41) is 0. The number of fused-ring (bicyclic) bond motifs is 1. The normalized spacial score (nSPS) is 10.7. The zero-order valence-electron chi connectivity index (χ0n) is 9.69. The first-order chi connectivity index (χ1) is 7.54. The van der Waals surface area contributed by atoms with Crippen LogP contribution in [-0.2, 0) is 0 Å². The lowest BCUT2D eigenvalue weighted by molar-refractivity contribution is 0.0820. The van der Waals surface area contributed by atoms with Crippen molar-refractivity contribution < 1.29 is 4.79 Å². The van der Waals surface area contributed by atoms with E-state index in [9.17, 15) is 4.79 Å². The van der Waals surface area contributed by atoms with Crippen LogP contribution in [0.5, 0.6) is 0 Å². The highest BCUT2D eigenvalue weighted by Crippen LogP contribution is 2.25. The van der Waals surface area contributed by atoms with Crippen LogP contribution in [0.4, 0.5) is 5.69 Å². The number of hydrogen-bond donors (Lipinski definition) is 1. The molecule has 4 nitrogen and oxygen atoms in total. The number of amides is 1. The minimum atomic E-state index is -0.0320. The molecule has 0 fully saturated rings. The Labute approximate surface area is 94.3 Å². The molecule has 84 valence electrons. The van der Waals surface area contributed by atoms with Crippen LogP contribution in [0, 0.1) is 6.92 Å². The third kappa shape index (κ3) is 1.34. The van der Waals surface area contributed by atoms with Gasteiger partial charge in [-0.2, -0.15) is 0 Å². The first kappa shape index (κ1) is 10.5. The fraction of sp³-hybridized carbons (Fsp3) is 0.250. The second kappa shape index (κ2) is 3.56. The van der Waals surface area contributed by atoms with Gasteiger partial charge in [0.1, 0.15) is 5.69 Å². The summed E-state index contributed by atoms with van der Waals surface area (Å²) in [5.74, 6) is -0.0320. The van der Waals surface area contributed by atoms with E-state index in [-0.39, 0.29) is 5.91 Å². The third-order valence-corrected chi connectivity index (χ3v) is 2.74. The van der Waals surface area contributed by atoms with Crippen molar-refractivity contribution in [3.63, 3.8) is 0 Å². The maximum absolute atomic E-state index is 12.0. The Hall–Kier alpha value is -1.97. The van der Waals surface area contributed by atoms with Gasteiger partial charge >= 0.3 is 0 Å². The Morgan fingerprint density at radius 1 is 1.38 bits per heavy atom. The number of rotatable bonds is 1. The SMILES string of the molecule is Cc1c(N)c2ccccn2c1C(=O)N(C)C. The Morgan fingerprint density at radius 2 is 2.06 bits per heavy atom. The molecule has 0 aliphatic rings. The molecule has 0 aromatic carbocycles. The van der Waals surface area contributed by atoms with Gasteiger partial charge in [-0.1, -0.05) is 6.07 Å². The lowest BCUT2D eigenvalue weighted by Crippen LogP contribution is -2.23. The Morgan fingerprint density at radius 3 is 2.69 bits per heavy atom. The summed E-state index contributed by atoms with van der Waals surface area (Å²) in [6, 6.07) is 5.71. The molecule has 4 heteroatoms. The van der Waals surface area contributed by atoms with Crippen LogP contribution in [0.15, 0.2) is 24.4 Å². The number of hydrogen-bond acceptors (Lipinski definition) is 2. The van der Waals surface area contributed by atoms with Crippen molar-refractivity contribution in [3.05, 3.63) is 35.7 Å². The fourth-order valence-corrected chi connectivity index (χ4v) is 1.83. The molecule has 0 unspecified atom stereocenters. The first-order valence-electron chi connectivity index (χ1n) is 5.10.